The number of cyclic esters (lactones) is 1. The second-order valence-corrected chi connectivity index (χ2v) is 14.2. The van der Waals surface area contributed by atoms with Crippen LogP contribution < -0.4 is 5.32 Å². The first-order valence-electron chi connectivity index (χ1n) is 16.3. The summed E-state index contributed by atoms with van der Waals surface area (Å²) in [6.07, 6.45) is 6.29. The zero-order valence-electron chi connectivity index (χ0n) is 28.6. The number of ether oxygens (including phenoxy) is 2. The van der Waals surface area contributed by atoms with Crippen LogP contribution in [-0.4, -0.2) is 99.2 Å². The molecule has 1 aliphatic heterocycles. The van der Waals surface area contributed by atoms with E-state index in [1.165, 1.54) is 18.3 Å². The molecule has 1 aliphatic rings. The van der Waals surface area contributed by atoms with Gasteiger partial charge in [-0.05, 0) is 77.6 Å². The molecule has 3 heterocycles. The minimum atomic E-state index is -1.16. The molecule has 2 radical (unpaired) electrons. The van der Waals surface area contributed by atoms with Crippen LogP contribution in [0.2, 0.25) is 5.82 Å². The maximum absolute atomic E-state index is 13.3. The highest BCUT2D eigenvalue weighted by Crippen LogP contribution is 2.40. The van der Waals surface area contributed by atoms with E-state index in [4.69, 9.17) is 17.3 Å². The van der Waals surface area contributed by atoms with Crippen LogP contribution in [-0.2, 0) is 25.6 Å². The second kappa shape index (κ2) is 16.3. The average Bonchev–Trinajstić information content (AvgIpc) is 3.77. The molecule has 1 saturated heterocycles. The van der Waals surface area contributed by atoms with Crippen molar-refractivity contribution >= 4 is 37.0 Å². The van der Waals surface area contributed by atoms with Crippen molar-refractivity contribution in [1.82, 2.24) is 30.2 Å². The number of thiazole rings is 1. The van der Waals surface area contributed by atoms with Gasteiger partial charge in [0.2, 0.25) is 0 Å². The molecule has 1 amide bonds. The van der Waals surface area contributed by atoms with Crippen molar-refractivity contribution in [3.8, 4) is 10.7 Å². The molecule has 0 aliphatic carbocycles. The van der Waals surface area contributed by atoms with Gasteiger partial charge in [0.15, 0.2) is 0 Å². The Kier molecular flexibility index (Phi) is 13.3. The summed E-state index contributed by atoms with van der Waals surface area (Å²) in [6, 6.07) is -0.263. The predicted molar refractivity (Wildman–Crippen MR) is 178 cm³/mol. The molecular weight excluding hydrogens is 607 g/mol. The summed E-state index contributed by atoms with van der Waals surface area (Å²) in [5.41, 5.74) is -0.737. The van der Waals surface area contributed by atoms with E-state index in [0.717, 1.165) is 30.0 Å². The fourth-order valence-electron chi connectivity index (χ4n) is 6.33. The summed E-state index contributed by atoms with van der Waals surface area (Å²) in [4.78, 5) is 43.1. The Labute approximate surface area is 278 Å². The Morgan fingerprint density at radius 3 is 2.57 bits per heavy atom. The SMILES string of the molecule is [B][C@H](CC(=O)[C@@H](C)C(=O)O)[C@@](C)(C[C@@H](C)CN[C@H](C)[C@H]1N(CCCCn2cc(-c3nccs3)nn2)C(=O)O[C@]1(C)[C@H](C)CC)OC. The lowest BCUT2D eigenvalue weighted by Gasteiger charge is -2.41. The predicted octanol–water partition coefficient (Wildman–Crippen LogP) is 4.85. The van der Waals surface area contributed by atoms with E-state index in [2.05, 4.69) is 48.3 Å². The van der Waals surface area contributed by atoms with Crippen molar-refractivity contribution in [3.05, 3.63) is 17.8 Å². The minimum absolute atomic E-state index is 0.0791. The summed E-state index contributed by atoms with van der Waals surface area (Å²) >= 11 is 1.52. The Balaban J connectivity index is 1.61. The fourth-order valence-corrected chi connectivity index (χ4v) is 6.92. The van der Waals surface area contributed by atoms with Gasteiger partial charge in [0.1, 0.15) is 28.0 Å². The van der Waals surface area contributed by atoms with Gasteiger partial charge in [0.25, 0.3) is 0 Å². The van der Waals surface area contributed by atoms with Crippen LogP contribution in [0.3, 0.4) is 0 Å². The molecule has 3 rings (SSSR count). The van der Waals surface area contributed by atoms with Gasteiger partial charge in [-0.15, -0.1) is 16.4 Å². The number of carbonyl (C=O) groups excluding carboxylic acids is 2. The van der Waals surface area contributed by atoms with Gasteiger partial charge in [-0.25, -0.2) is 9.78 Å². The van der Waals surface area contributed by atoms with Gasteiger partial charge in [-0.1, -0.05) is 26.0 Å². The van der Waals surface area contributed by atoms with Crippen molar-refractivity contribution < 1.29 is 29.0 Å². The number of unbranched alkanes of at least 4 members (excludes halogenated alkanes) is 1. The highest BCUT2D eigenvalue weighted by Gasteiger charge is 2.55. The van der Waals surface area contributed by atoms with Gasteiger partial charge >= 0.3 is 12.1 Å². The monoisotopic (exact) mass is 658 g/mol. The number of rotatable bonds is 20. The molecule has 0 aromatic carbocycles. The highest BCUT2D eigenvalue weighted by atomic mass is 32.1. The van der Waals surface area contributed by atoms with Gasteiger partial charge in [0.05, 0.1) is 25.7 Å². The van der Waals surface area contributed by atoms with Crippen molar-refractivity contribution in [2.24, 2.45) is 17.8 Å². The van der Waals surface area contributed by atoms with Gasteiger partial charge < -0.3 is 19.9 Å². The number of amides is 1. The third-order valence-corrected chi connectivity index (χ3v) is 10.6. The number of carbonyl (C=O) groups is 3. The number of methoxy groups -OCH3 is 1. The molecule has 2 aromatic rings. The Morgan fingerprint density at radius 2 is 1.96 bits per heavy atom. The number of carboxylic acid groups (broad SMARTS) is 1. The first-order chi connectivity index (χ1) is 21.7. The average molecular weight is 659 g/mol. The molecule has 254 valence electrons. The number of nitrogens with zero attached hydrogens (tertiary/aromatic N) is 5. The summed E-state index contributed by atoms with van der Waals surface area (Å²) in [5, 5.41) is 24.1. The van der Waals surface area contributed by atoms with Crippen molar-refractivity contribution in [2.75, 3.05) is 20.2 Å². The number of hydrogen-bond donors (Lipinski definition) is 2. The zero-order valence-corrected chi connectivity index (χ0v) is 29.4. The molecule has 46 heavy (non-hydrogen) atoms. The number of nitrogens with one attached hydrogen (secondary N) is 1. The molecule has 0 bridgehead atoms. The first-order valence-corrected chi connectivity index (χ1v) is 17.1. The number of aromatic nitrogens is 4. The van der Waals surface area contributed by atoms with E-state index in [9.17, 15) is 19.5 Å². The Bertz CT molecular complexity index is 1300. The number of ketones is 1. The van der Waals surface area contributed by atoms with E-state index >= 15 is 0 Å². The summed E-state index contributed by atoms with van der Waals surface area (Å²) in [6.45, 7) is 15.5. The lowest BCUT2D eigenvalue weighted by atomic mass is 9.67. The van der Waals surface area contributed by atoms with Crippen LogP contribution in [0.4, 0.5) is 4.79 Å². The lowest BCUT2D eigenvalue weighted by Crippen LogP contribution is -2.58. The molecule has 1 fully saturated rings. The van der Waals surface area contributed by atoms with E-state index in [1.807, 2.05) is 35.0 Å². The minimum Gasteiger partial charge on any atom is -0.481 e. The Hall–Kier alpha value is -2.84. The molecule has 8 atom stereocenters. The third-order valence-electron chi connectivity index (χ3n) is 9.82. The second-order valence-electron chi connectivity index (χ2n) is 13.3. The molecule has 2 N–H and O–H groups in total. The number of hydrogen-bond acceptors (Lipinski definition) is 10. The zero-order chi connectivity index (χ0) is 34.2. The van der Waals surface area contributed by atoms with Crippen LogP contribution in [0.25, 0.3) is 10.7 Å². The molecule has 0 spiro atoms. The van der Waals surface area contributed by atoms with Crippen LogP contribution in [0.5, 0.6) is 0 Å². The quantitative estimate of drug-likeness (QED) is 0.115. The van der Waals surface area contributed by atoms with Gasteiger partial charge in [-0.3, -0.25) is 19.2 Å². The highest BCUT2D eigenvalue weighted by molar-refractivity contribution is 7.13. The van der Waals surface area contributed by atoms with E-state index in [0.29, 0.717) is 26.1 Å². The molecule has 0 unspecified atom stereocenters. The van der Waals surface area contributed by atoms with E-state index < -0.39 is 34.7 Å². The van der Waals surface area contributed by atoms with Crippen molar-refractivity contribution in [1.29, 1.82) is 0 Å². The van der Waals surface area contributed by atoms with Gasteiger partial charge in [-0.2, -0.15) is 0 Å². The summed E-state index contributed by atoms with van der Waals surface area (Å²) < 4.78 is 13.7. The van der Waals surface area contributed by atoms with E-state index in [1.54, 1.807) is 13.3 Å². The third kappa shape index (κ3) is 8.94. The summed E-state index contributed by atoms with van der Waals surface area (Å²) in [5.74, 6) is -3.10. The standard InChI is InChI=1S/C32H51BN6O6S/c1-9-21(3)32(7)27(23(5)35-18-20(2)17-31(6,44-8)26(33)16-25(40)22(4)29(41)42)39(30(43)45-32)14-11-10-13-38-19-24(36-37-38)28-34-12-15-46-28/h12,15,19-23,26-27,35H,9-11,13-14,16-18H2,1-8H3,(H,41,42)/t20-,21-,22-,23-,26-,27-,31-,32-/m1/s1. The molecule has 2 aromatic heterocycles. The largest absolute Gasteiger partial charge is 0.481 e. The Morgan fingerprint density at radius 1 is 1.26 bits per heavy atom. The normalized spacial score (nSPS) is 22.9. The fraction of sp³-hybridized carbons (Fsp3) is 0.750. The van der Waals surface area contributed by atoms with Gasteiger partial charge in [0, 0.05) is 44.2 Å². The van der Waals surface area contributed by atoms with Crippen LogP contribution in [0.15, 0.2) is 17.8 Å². The maximum atomic E-state index is 13.3. The van der Waals surface area contributed by atoms with Crippen LogP contribution in [0, 0.1) is 17.8 Å². The molecule has 14 heteroatoms. The van der Waals surface area contributed by atoms with Crippen LogP contribution in [0.1, 0.15) is 80.6 Å². The number of aliphatic carboxylic acids is 1. The molecular formula is C32H51BN6O6S. The van der Waals surface area contributed by atoms with Crippen molar-refractivity contribution in [3.63, 3.8) is 0 Å². The smallest absolute Gasteiger partial charge is 0.410 e. The lowest BCUT2D eigenvalue weighted by molar-refractivity contribution is -0.146. The first kappa shape index (κ1) is 37.6. The molecule has 12 nitrogen and oxygen atoms in total. The summed E-state index contributed by atoms with van der Waals surface area (Å²) in [7, 11) is 7.97. The number of carboxylic acids is 1. The van der Waals surface area contributed by atoms with E-state index in [-0.39, 0.29) is 36.4 Å². The van der Waals surface area contributed by atoms with Crippen molar-refractivity contribution in [2.45, 2.75) is 116 Å². The number of aryl methyl sites for hydroxylation is 1. The topological polar surface area (TPSA) is 149 Å². The number of Topliss-reactive ketones (excluding diaryl/α,β-unsaturated/α-hetero) is 1. The maximum Gasteiger partial charge on any atom is 0.410 e. The van der Waals surface area contributed by atoms with Crippen LogP contribution >= 0.6 is 11.3 Å². The molecule has 0 saturated carbocycles.